The minimum atomic E-state index is 0.545. The fourth-order valence-electron chi connectivity index (χ4n) is 2.66. The van der Waals surface area contributed by atoms with Crippen LogP contribution in [0.15, 0.2) is 6.07 Å². The van der Waals surface area contributed by atoms with Gasteiger partial charge >= 0.3 is 0 Å². The molecule has 1 N–H and O–H groups in total. The molecule has 0 aromatic heterocycles. The van der Waals surface area contributed by atoms with Gasteiger partial charge in [-0.3, -0.25) is 0 Å². The highest BCUT2D eigenvalue weighted by molar-refractivity contribution is 6.32. The molecule has 1 saturated heterocycles. The molecule has 2 heterocycles. The number of fused-ring (bicyclic) bond motifs is 1. The molecule has 2 aliphatic heterocycles. The molecule has 0 saturated carbocycles. The van der Waals surface area contributed by atoms with E-state index in [1.54, 1.807) is 0 Å². The van der Waals surface area contributed by atoms with Crippen molar-refractivity contribution in [3.63, 3.8) is 0 Å². The Morgan fingerprint density at radius 2 is 2.06 bits per heavy atom. The van der Waals surface area contributed by atoms with E-state index in [9.17, 15) is 0 Å². The minimum Gasteiger partial charge on any atom is -0.486 e. The number of hydrogen-bond acceptors (Lipinski definition) is 3. The topological polar surface area (TPSA) is 30.5 Å². The zero-order chi connectivity index (χ0) is 11.8. The molecule has 0 aliphatic carbocycles. The summed E-state index contributed by atoms with van der Waals surface area (Å²) in [6.07, 6.45) is 1.16. The number of ether oxygens (including phenoxy) is 2. The second kappa shape index (κ2) is 4.39. The molecule has 0 spiro atoms. The minimum absolute atomic E-state index is 0.545. The van der Waals surface area contributed by atoms with Gasteiger partial charge in [0.25, 0.3) is 0 Å². The largest absolute Gasteiger partial charge is 0.486 e. The fraction of sp³-hybridized carbons (Fsp3) is 0.538. The lowest BCUT2D eigenvalue weighted by Gasteiger charge is -2.24. The summed E-state index contributed by atoms with van der Waals surface area (Å²) in [5.41, 5.74) is 2.47. The van der Waals surface area contributed by atoms with Crippen molar-refractivity contribution in [2.24, 2.45) is 0 Å². The van der Waals surface area contributed by atoms with Crippen LogP contribution in [-0.2, 0) is 0 Å². The first-order valence-electron chi connectivity index (χ1n) is 6.06. The molecule has 92 valence electrons. The van der Waals surface area contributed by atoms with Gasteiger partial charge in [-0.1, -0.05) is 11.6 Å². The van der Waals surface area contributed by atoms with Crippen LogP contribution in [0.25, 0.3) is 0 Å². The van der Waals surface area contributed by atoms with Gasteiger partial charge in [0.2, 0.25) is 0 Å². The molecule has 1 aromatic rings. The summed E-state index contributed by atoms with van der Waals surface area (Å²) < 4.78 is 11.3. The SMILES string of the molecule is Cc1c(C2CCNC2)cc(Cl)c2c1OCCO2. The second-order valence-corrected chi connectivity index (χ2v) is 5.02. The van der Waals surface area contributed by atoms with Crippen molar-refractivity contribution >= 4 is 11.6 Å². The number of hydrogen-bond donors (Lipinski definition) is 1. The van der Waals surface area contributed by atoms with Crippen molar-refractivity contribution in [3.8, 4) is 11.5 Å². The van der Waals surface area contributed by atoms with Crippen LogP contribution >= 0.6 is 11.6 Å². The Morgan fingerprint density at radius 3 is 2.76 bits per heavy atom. The fourth-order valence-corrected chi connectivity index (χ4v) is 2.92. The highest BCUT2D eigenvalue weighted by Gasteiger charge is 2.25. The molecule has 3 rings (SSSR count). The smallest absolute Gasteiger partial charge is 0.180 e. The quantitative estimate of drug-likeness (QED) is 0.834. The van der Waals surface area contributed by atoms with E-state index in [1.807, 2.05) is 6.07 Å². The maximum absolute atomic E-state index is 6.27. The second-order valence-electron chi connectivity index (χ2n) is 4.62. The number of nitrogens with one attached hydrogen (secondary N) is 1. The summed E-state index contributed by atoms with van der Waals surface area (Å²) >= 11 is 6.27. The zero-order valence-corrected chi connectivity index (χ0v) is 10.6. The summed E-state index contributed by atoms with van der Waals surface area (Å²) in [5.74, 6) is 2.10. The lowest BCUT2D eigenvalue weighted by Crippen LogP contribution is -2.18. The molecule has 0 bridgehead atoms. The van der Waals surface area contributed by atoms with E-state index in [4.69, 9.17) is 21.1 Å². The Bertz CT molecular complexity index is 442. The van der Waals surface area contributed by atoms with Crippen LogP contribution in [0.3, 0.4) is 0 Å². The summed E-state index contributed by atoms with van der Waals surface area (Å²) in [4.78, 5) is 0. The predicted molar refractivity (Wildman–Crippen MR) is 67.4 cm³/mol. The highest BCUT2D eigenvalue weighted by atomic mass is 35.5. The number of benzene rings is 1. The van der Waals surface area contributed by atoms with Gasteiger partial charge in [-0.2, -0.15) is 0 Å². The molecule has 1 unspecified atom stereocenters. The third-order valence-corrected chi connectivity index (χ3v) is 3.84. The number of halogens is 1. The first-order valence-corrected chi connectivity index (χ1v) is 6.44. The van der Waals surface area contributed by atoms with Crippen molar-refractivity contribution in [2.45, 2.75) is 19.3 Å². The Balaban J connectivity index is 2.07. The summed E-state index contributed by atoms with van der Waals surface area (Å²) in [5, 5.41) is 4.06. The molecule has 1 fully saturated rings. The van der Waals surface area contributed by atoms with Gasteiger partial charge in [-0.05, 0) is 43.0 Å². The van der Waals surface area contributed by atoms with Crippen LogP contribution in [0.5, 0.6) is 11.5 Å². The molecule has 4 heteroatoms. The summed E-state index contributed by atoms with van der Waals surface area (Å²) in [6, 6.07) is 2.04. The van der Waals surface area contributed by atoms with E-state index in [0.717, 1.165) is 25.3 Å². The Morgan fingerprint density at radius 1 is 1.29 bits per heavy atom. The van der Waals surface area contributed by atoms with Crippen LogP contribution in [0.4, 0.5) is 0 Å². The van der Waals surface area contributed by atoms with E-state index < -0.39 is 0 Å². The van der Waals surface area contributed by atoms with Crippen LogP contribution in [-0.4, -0.2) is 26.3 Å². The van der Waals surface area contributed by atoms with Gasteiger partial charge in [-0.25, -0.2) is 0 Å². The first-order chi connectivity index (χ1) is 8.27. The molecule has 1 atom stereocenters. The van der Waals surface area contributed by atoms with Gasteiger partial charge in [0.05, 0.1) is 5.02 Å². The predicted octanol–water partition coefficient (Wildman–Crippen LogP) is 2.50. The Labute approximate surface area is 106 Å². The third kappa shape index (κ3) is 1.87. The average molecular weight is 254 g/mol. The van der Waals surface area contributed by atoms with E-state index in [1.165, 1.54) is 11.1 Å². The van der Waals surface area contributed by atoms with Gasteiger partial charge in [-0.15, -0.1) is 0 Å². The molecule has 0 radical (unpaired) electrons. The molecule has 2 aliphatic rings. The third-order valence-electron chi connectivity index (χ3n) is 3.56. The van der Waals surface area contributed by atoms with Crippen molar-refractivity contribution in [2.75, 3.05) is 26.3 Å². The molecule has 1 aromatic carbocycles. The monoisotopic (exact) mass is 253 g/mol. The lowest BCUT2D eigenvalue weighted by molar-refractivity contribution is 0.170. The average Bonchev–Trinajstić information content (AvgIpc) is 2.87. The zero-order valence-electron chi connectivity index (χ0n) is 9.88. The van der Waals surface area contributed by atoms with E-state index in [-0.39, 0.29) is 0 Å². The molecular formula is C13H16ClNO2. The van der Waals surface area contributed by atoms with Crippen molar-refractivity contribution < 1.29 is 9.47 Å². The van der Waals surface area contributed by atoms with Crippen LogP contribution in [0.1, 0.15) is 23.5 Å². The van der Waals surface area contributed by atoms with Crippen LogP contribution in [0.2, 0.25) is 5.02 Å². The van der Waals surface area contributed by atoms with Gasteiger partial charge in [0, 0.05) is 6.54 Å². The Hall–Kier alpha value is -0.930. The lowest BCUT2D eigenvalue weighted by atomic mass is 9.93. The van der Waals surface area contributed by atoms with E-state index in [0.29, 0.717) is 29.9 Å². The molecule has 17 heavy (non-hydrogen) atoms. The van der Waals surface area contributed by atoms with E-state index in [2.05, 4.69) is 12.2 Å². The van der Waals surface area contributed by atoms with Crippen LogP contribution < -0.4 is 14.8 Å². The number of rotatable bonds is 1. The molecular weight excluding hydrogens is 238 g/mol. The van der Waals surface area contributed by atoms with Crippen molar-refractivity contribution in [1.29, 1.82) is 0 Å². The highest BCUT2D eigenvalue weighted by Crippen LogP contribution is 2.44. The van der Waals surface area contributed by atoms with Crippen molar-refractivity contribution in [1.82, 2.24) is 5.32 Å². The van der Waals surface area contributed by atoms with Gasteiger partial charge in [0.15, 0.2) is 11.5 Å². The maximum Gasteiger partial charge on any atom is 0.180 e. The van der Waals surface area contributed by atoms with E-state index >= 15 is 0 Å². The van der Waals surface area contributed by atoms with Crippen LogP contribution in [0, 0.1) is 6.92 Å². The normalized spacial score (nSPS) is 22.8. The molecule has 3 nitrogen and oxygen atoms in total. The molecule has 0 amide bonds. The van der Waals surface area contributed by atoms with Crippen molar-refractivity contribution in [3.05, 3.63) is 22.2 Å². The van der Waals surface area contributed by atoms with Gasteiger partial charge < -0.3 is 14.8 Å². The maximum atomic E-state index is 6.27. The standard InChI is InChI=1S/C13H16ClNO2/c1-8-10(9-2-3-15-7-9)6-11(14)13-12(8)16-4-5-17-13/h6,9,15H,2-5,7H2,1H3. The first kappa shape index (κ1) is 11.2. The summed E-state index contributed by atoms with van der Waals surface area (Å²) in [7, 11) is 0. The summed E-state index contributed by atoms with van der Waals surface area (Å²) in [6.45, 7) is 5.39. The Kier molecular flexibility index (Phi) is 2.89. The van der Waals surface area contributed by atoms with Gasteiger partial charge in [0.1, 0.15) is 13.2 Å².